The molecule has 0 radical (unpaired) electrons. The van der Waals surface area contributed by atoms with Gasteiger partial charge in [-0.25, -0.2) is 0 Å². The summed E-state index contributed by atoms with van der Waals surface area (Å²) in [5.74, 6) is 0. The second-order valence-corrected chi connectivity index (χ2v) is 4.67. The number of rotatable bonds is 3. The number of likely N-dealkylation sites (N-methyl/N-ethyl adjacent to an activating group) is 1. The minimum absolute atomic E-state index is 0.655. The summed E-state index contributed by atoms with van der Waals surface area (Å²) in [6.07, 6.45) is 5.02. The zero-order valence-corrected chi connectivity index (χ0v) is 11.0. The topological polar surface area (TPSA) is 31.4 Å². The van der Waals surface area contributed by atoms with Gasteiger partial charge in [0.1, 0.15) is 0 Å². The molecule has 1 aliphatic heterocycles. The number of hydrogen-bond donors (Lipinski definition) is 1. The first kappa shape index (κ1) is 12.2. The van der Waals surface area contributed by atoms with E-state index in [1.807, 2.05) is 19.4 Å². The van der Waals surface area contributed by atoms with Crippen LogP contribution >= 0.6 is 0 Å². The first-order valence-electron chi connectivity index (χ1n) is 6.32. The van der Waals surface area contributed by atoms with Gasteiger partial charge in [0.15, 0.2) is 0 Å². The Morgan fingerprint density at radius 3 is 2.94 bits per heavy atom. The van der Waals surface area contributed by atoms with Gasteiger partial charge in [0.05, 0.1) is 23.8 Å². The van der Waals surface area contributed by atoms with E-state index < -0.39 is 0 Å². The highest BCUT2D eigenvalue weighted by Crippen LogP contribution is 2.21. The van der Waals surface area contributed by atoms with E-state index in [-0.39, 0.29) is 0 Å². The van der Waals surface area contributed by atoms with Crippen molar-refractivity contribution < 1.29 is 0 Å². The maximum absolute atomic E-state index is 4.28. The second kappa shape index (κ2) is 5.36. The molecule has 1 aromatic rings. The molecule has 1 aliphatic rings. The van der Waals surface area contributed by atoms with Crippen LogP contribution in [0, 0.1) is 0 Å². The molecule has 0 bridgehead atoms. The SMILES string of the molecule is CCC1CN(c2cncc(NC)c2)CCN1C. The Morgan fingerprint density at radius 2 is 2.24 bits per heavy atom. The summed E-state index contributed by atoms with van der Waals surface area (Å²) >= 11 is 0. The summed E-state index contributed by atoms with van der Waals surface area (Å²) in [6.45, 7) is 5.57. The van der Waals surface area contributed by atoms with Crippen LogP contribution in [0.15, 0.2) is 18.5 Å². The van der Waals surface area contributed by atoms with Gasteiger partial charge in [-0.2, -0.15) is 0 Å². The van der Waals surface area contributed by atoms with Gasteiger partial charge < -0.3 is 10.2 Å². The van der Waals surface area contributed by atoms with Crippen molar-refractivity contribution >= 4 is 11.4 Å². The molecule has 0 saturated carbocycles. The Kier molecular flexibility index (Phi) is 3.84. The highest BCUT2D eigenvalue weighted by Gasteiger charge is 2.23. The van der Waals surface area contributed by atoms with Gasteiger partial charge in [0.25, 0.3) is 0 Å². The molecule has 4 heteroatoms. The molecule has 1 atom stereocenters. The van der Waals surface area contributed by atoms with Crippen molar-refractivity contribution in [2.24, 2.45) is 0 Å². The highest BCUT2D eigenvalue weighted by molar-refractivity contribution is 5.55. The van der Waals surface area contributed by atoms with Crippen molar-refractivity contribution in [2.45, 2.75) is 19.4 Å². The van der Waals surface area contributed by atoms with Crippen LogP contribution in [0.2, 0.25) is 0 Å². The van der Waals surface area contributed by atoms with E-state index in [0.29, 0.717) is 6.04 Å². The fourth-order valence-electron chi connectivity index (χ4n) is 2.36. The maximum Gasteiger partial charge on any atom is 0.0574 e. The van der Waals surface area contributed by atoms with Crippen LogP contribution in [0.1, 0.15) is 13.3 Å². The fourth-order valence-corrected chi connectivity index (χ4v) is 2.36. The molecule has 0 spiro atoms. The van der Waals surface area contributed by atoms with E-state index in [0.717, 1.165) is 25.3 Å². The van der Waals surface area contributed by atoms with E-state index in [9.17, 15) is 0 Å². The second-order valence-electron chi connectivity index (χ2n) is 4.67. The molecule has 0 aliphatic carbocycles. The number of nitrogens with zero attached hydrogens (tertiary/aromatic N) is 3. The number of piperazine rings is 1. The lowest BCUT2D eigenvalue weighted by Crippen LogP contribution is -2.51. The Balaban J connectivity index is 2.11. The minimum atomic E-state index is 0.655. The van der Waals surface area contributed by atoms with Crippen molar-refractivity contribution in [2.75, 3.05) is 43.9 Å². The Bertz CT molecular complexity index is 366. The van der Waals surface area contributed by atoms with Gasteiger partial charge in [-0.3, -0.25) is 9.88 Å². The average Bonchev–Trinajstić information content (AvgIpc) is 2.39. The van der Waals surface area contributed by atoms with Crippen molar-refractivity contribution in [3.8, 4) is 0 Å². The molecule has 1 saturated heterocycles. The normalized spacial score (nSPS) is 21.6. The van der Waals surface area contributed by atoms with Crippen LogP contribution < -0.4 is 10.2 Å². The monoisotopic (exact) mass is 234 g/mol. The molecule has 4 nitrogen and oxygen atoms in total. The van der Waals surface area contributed by atoms with Crippen LogP contribution in [-0.4, -0.2) is 49.7 Å². The molecular formula is C13H22N4. The van der Waals surface area contributed by atoms with Crippen LogP contribution in [0.3, 0.4) is 0 Å². The maximum atomic E-state index is 4.28. The Hall–Kier alpha value is -1.29. The zero-order valence-electron chi connectivity index (χ0n) is 11.0. The highest BCUT2D eigenvalue weighted by atomic mass is 15.3. The lowest BCUT2D eigenvalue weighted by atomic mass is 10.1. The molecule has 1 unspecified atom stereocenters. The molecule has 1 aromatic heterocycles. The summed E-state index contributed by atoms with van der Waals surface area (Å²) in [5.41, 5.74) is 2.30. The summed E-state index contributed by atoms with van der Waals surface area (Å²) in [7, 11) is 4.15. The van der Waals surface area contributed by atoms with Crippen molar-refractivity contribution in [1.82, 2.24) is 9.88 Å². The van der Waals surface area contributed by atoms with Crippen molar-refractivity contribution in [3.63, 3.8) is 0 Å². The lowest BCUT2D eigenvalue weighted by Gasteiger charge is -2.40. The number of pyridine rings is 1. The van der Waals surface area contributed by atoms with Gasteiger partial charge >= 0.3 is 0 Å². The smallest absolute Gasteiger partial charge is 0.0574 e. The summed E-state index contributed by atoms with van der Waals surface area (Å²) in [4.78, 5) is 9.17. The zero-order chi connectivity index (χ0) is 12.3. The van der Waals surface area contributed by atoms with Gasteiger partial charge in [-0.15, -0.1) is 0 Å². The Morgan fingerprint density at radius 1 is 1.41 bits per heavy atom. The van der Waals surface area contributed by atoms with E-state index in [2.05, 4.69) is 40.1 Å². The fraction of sp³-hybridized carbons (Fsp3) is 0.615. The van der Waals surface area contributed by atoms with Crippen molar-refractivity contribution in [1.29, 1.82) is 0 Å². The van der Waals surface area contributed by atoms with Crippen LogP contribution in [0.4, 0.5) is 11.4 Å². The Labute approximate surface area is 104 Å². The lowest BCUT2D eigenvalue weighted by molar-refractivity contribution is 0.213. The molecule has 1 fully saturated rings. The molecule has 2 heterocycles. The van der Waals surface area contributed by atoms with E-state index in [4.69, 9.17) is 0 Å². The average molecular weight is 234 g/mol. The molecule has 17 heavy (non-hydrogen) atoms. The predicted molar refractivity (Wildman–Crippen MR) is 72.7 cm³/mol. The quantitative estimate of drug-likeness (QED) is 0.862. The first-order valence-corrected chi connectivity index (χ1v) is 6.32. The van der Waals surface area contributed by atoms with Crippen molar-refractivity contribution in [3.05, 3.63) is 18.5 Å². The van der Waals surface area contributed by atoms with Crippen LogP contribution in [-0.2, 0) is 0 Å². The third-order valence-electron chi connectivity index (χ3n) is 3.63. The summed E-state index contributed by atoms with van der Waals surface area (Å²) in [5, 5.41) is 3.14. The van der Waals surface area contributed by atoms with Gasteiger partial charge in [0.2, 0.25) is 0 Å². The van der Waals surface area contributed by atoms with E-state index in [1.165, 1.54) is 12.1 Å². The number of hydrogen-bond acceptors (Lipinski definition) is 4. The molecule has 0 aromatic carbocycles. The van der Waals surface area contributed by atoms with E-state index in [1.54, 1.807) is 0 Å². The third kappa shape index (κ3) is 2.69. The molecule has 1 N–H and O–H groups in total. The minimum Gasteiger partial charge on any atom is -0.387 e. The largest absolute Gasteiger partial charge is 0.387 e. The molecule has 0 amide bonds. The van der Waals surface area contributed by atoms with E-state index >= 15 is 0 Å². The number of nitrogens with one attached hydrogen (secondary N) is 1. The standard InChI is InChI=1S/C13H22N4/c1-4-12-10-17(6-5-16(12)3)13-7-11(14-2)8-15-9-13/h7-9,12,14H,4-6,10H2,1-3H3. The van der Waals surface area contributed by atoms with Gasteiger partial charge in [-0.1, -0.05) is 6.92 Å². The van der Waals surface area contributed by atoms with Crippen LogP contribution in [0.25, 0.3) is 0 Å². The van der Waals surface area contributed by atoms with Gasteiger partial charge in [0, 0.05) is 32.7 Å². The number of anilines is 2. The van der Waals surface area contributed by atoms with Gasteiger partial charge in [-0.05, 0) is 19.5 Å². The molecule has 94 valence electrons. The summed E-state index contributed by atoms with van der Waals surface area (Å²) in [6, 6.07) is 2.83. The first-order chi connectivity index (χ1) is 8.24. The molecular weight excluding hydrogens is 212 g/mol. The third-order valence-corrected chi connectivity index (χ3v) is 3.63. The number of aromatic nitrogens is 1. The predicted octanol–water partition coefficient (Wildman–Crippen LogP) is 1.65. The molecule has 2 rings (SSSR count). The van der Waals surface area contributed by atoms with Crippen LogP contribution in [0.5, 0.6) is 0 Å². The summed E-state index contributed by atoms with van der Waals surface area (Å²) < 4.78 is 0.